The molecule has 0 atom stereocenters. The topological polar surface area (TPSA) is 75.0 Å². The number of ether oxygens (including phenoxy) is 3. The lowest BCUT2D eigenvalue weighted by Crippen LogP contribution is -2.03. The molecule has 0 aliphatic carbocycles. The highest BCUT2D eigenvalue weighted by molar-refractivity contribution is 6.01. The molecule has 4 rings (SSSR count). The highest BCUT2D eigenvalue weighted by Gasteiger charge is 2.20. The molecule has 1 aliphatic rings. The van der Waals surface area contributed by atoms with Crippen molar-refractivity contribution in [1.82, 2.24) is 0 Å². The highest BCUT2D eigenvalue weighted by atomic mass is 16.5. The van der Waals surface area contributed by atoms with Gasteiger partial charge in [-0.3, -0.25) is 0 Å². The van der Waals surface area contributed by atoms with Crippen molar-refractivity contribution in [2.75, 3.05) is 20.8 Å². The lowest BCUT2D eigenvalue weighted by molar-refractivity contribution is 0.0590. The second-order valence-electron chi connectivity index (χ2n) is 5.52. The number of fused-ring (bicyclic) bond motifs is 2. The summed E-state index contributed by atoms with van der Waals surface area (Å²) in [6.07, 6.45) is 2.43. The van der Waals surface area contributed by atoms with Crippen LogP contribution in [0.1, 0.15) is 26.3 Å². The number of methoxy groups -OCH3 is 2. The Morgan fingerprint density at radius 3 is 2.38 bits per heavy atom. The van der Waals surface area contributed by atoms with Crippen molar-refractivity contribution in [3.8, 4) is 5.75 Å². The third-order valence-electron chi connectivity index (χ3n) is 4.00. The zero-order valence-corrected chi connectivity index (χ0v) is 14.5. The molecular formula is C20H18O6. The summed E-state index contributed by atoms with van der Waals surface area (Å²) in [6, 6.07) is 12.7. The molecule has 6 nitrogen and oxygen atoms in total. The van der Waals surface area contributed by atoms with E-state index < -0.39 is 0 Å². The van der Waals surface area contributed by atoms with Gasteiger partial charge in [-0.25, -0.2) is 9.59 Å². The van der Waals surface area contributed by atoms with E-state index in [-0.39, 0.29) is 11.9 Å². The Balaban J connectivity index is 0.000000151. The molecule has 6 heteroatoms. The van der Waals surface area contributed by atoms with Crippen LogP contribution < -0.4 is 4.74 Å². The first kappa shape index (κ1) is 17.5. The fourth-order valence-corrected chi connectivity index (χ4v) is 2.75. The molecule has 0 unspecified atom stereocenters. The Morgan fingerprint density at radius 1 is 0.923 bits per heavy atom. The number of furan rings is 1. The van der Waals surface area contributed by atoms with Gasteiger partial charge < -0.3 is 18.6 Å². The predicted octanol–water partition coefficient (Wildman–Crippen LogP) is 3.63. The van der Waals surface area contributed by atoms with E-state index in [4.69, 9.17) is 9.15 Å². The molecule has 1 aliphatic heterocycles. The number of carbonyl (C=O) groups excluding carboxylic acids is 2. The fourth-order valence-electron chi connectivity index (χ4n) is 2.75. The molecule has 134 valence electrons. The monoisotopic (exact) mass is 354 g/mol. The minimum Gasteiger partial charge on any atom is -0.492 e. The van der Waals surface area contributed by atoms with Crippen LogP contribution in [0.4, 0.5) is 0 Å². The molecule has 26 heavy (non-hydrogen) atoms. The number of para-hydroxylation sites is 2. The molecular weight excluding hydrogens is 336 g/mol. The van der Waals surface area contributed by atoms with Crippen molar-refractivity contribution >= 4 is 22.9 Å². The SMILES string of the molecule is COC(=O)c1cccc2c1OCC2.COC(=O)c1cccc2ccoc12. The van der Waals surface area contributed by atoms with Gasteiger partial charge in [-0.2, -0.15) is 0 Å². The summed E-state index contributed by atoms with van der Waals surface area (Å²) >= 11 is 0. The second-order valence-corrected chi connectivity index (χ2v) is 5.52. The molecule has 0 fully saturated rings. The first-order chi connectivity index (χ1) is 12.7. The van der Waals surface area contributed by atoms with Crippen molar-refractivity contribution in [3.63, 3.8) is 0 Å². The van der Waals surface area contributed by atoms with Gasteiger partial charge in [0.1, 0.15) is 22.5 Å². The maximum absolute atomic E-state index is 11.3. The molecule has 0 radical (unpaired) electrons. The van der Waals surface area contributed by atoms with Gasteiger partial charge in [-0.1, -0.05) is 24.3 Å². The number of rotatable bonds is 2. The number of carbonyl (C=O) groups is 2. The molecule has 3 aromatic rings. The van der Waals surface area contributed by atoms with Crippen molar-refractivity contribution in [2.24, 2.45) is 0 Å². The van der Waals surface area contributed by atoms with E-state index in [0.717, 1.165) is 17.4 Å². The van der Waals surface area contributed by atoms with E-state index in [1.165, 1.54) is 14.2 Å². The smallest absolute Gasteiger partial charge is 0.341 e. The largest absolute Gasteiger partial charge is 0.492 e. The van der Waals surface area contributed by atoms with Gasteiger partial charge in [-0.05, 0) is 23.8 Å². The molecule has 0 saturated carbocycles. The molecule has 0 N–H and O–H groups in total. The van der Waals surface area contributed by atoms with E-state index in [1.807, 2.05) is 24.3 Å². The van der Waals surface area contributed by atoms with E-state index in [2.05, 4.69) is 9.47 Å². The quantitative estimate of drug-likeness (QED) is 0.654. The van der Waals surface area contributed by atoms with Crippen molar-refractivity contribution in [2.45, 2.75) is 6.42 Å². The zero-order valence-electron chi connectivity index (χ0n) is 14.5. The molecule has 0 saturated heterocycles. The highest BCUT2D eigenvalue weighted by Crippen LogP contribution is 2.29. The average Bonchev–Trinajstić information content (AvgIpc) is 3.35. The van der Waals surface area contributed by atoms with Crippen LogP contribution in [0.5, 0.6) is 5.75 Å². The first-order valence-electron chi connectivity index (χ1n) is 8.03. The Bertz CT molecular complexity index is 940. The van der Waals surface area contributed by atoms with Crippen LogP contribution in [0.2, 0.25) is 0 Å². The summed E-state index contributed by atoms with van der Waals surface area (Å²) in [5.41, 5.74) is 2.65. The summed E-state index contributed by atoms with van der Waals surface area (Å²) in [7, 11) is 2.72. The lowest BCUT2D eigenvalue weighted by Gasteiger charge is -2.04. The van der Waals surface area contributed by atoms with E-state index in [9.17, 15) is 9.59 Å². The minimum absolute atomic E-state index is 0.334. The van der Waals surface area contributed by atoms with Gasteiger partial charge in [0.05, 0.1) is 27.1 Å². The molecule has 0 amide bonds. The standard InChI is InChI=1S/C10H10O3.C10H8O3/c2*1-12-10(11)8-4-2-3-7-5-6-13-9(7)8/h2-4H,5-6H2,1H3;2-6H,1H3. The third kappa shape index (κ3) is 3.39. The number of hydrogen-bond donors (Lipinski definition) is 0. The molecule has 2 heterocycles. The number of hydrogen-bond acceptors (Lipinski definition) is 6. The Labute approximate surface area is 150 Å². The van der Waals surface area contributed by atoms with Crippen LogP contribution in [-0.2, 0) is 15.9 Å². The molecule has 0 spiro atoms. The molecule has 1 aromatic heterocycles. The first-order valence-corrected chi connectivity index (χ1v) is 8.03. The van der Waals surface area contributed by atoms with E-state index in [1.54, 1.807) is 24.5 Å². The lowest BCUT2D eigenvalue weighted by atomic mass is 10.1. The van der Waals surface area contributed by atoms with Crippen LogP contribution in [0.3, 0.4) is 0 Å². The van der Waals surface area contributed by atoms with Crippen LogP contribution in [-0.4, -0.2) is 32.8 Å². The fraction of sp³-hybridized carbons (Fsp3) is 0.200. The van der Waals surface area contributed by atoms with Crippen LogP contribution in [0, 0.1) is 0 Å². The molecule has 2 aromatic carbocycles. The van der Waals surface area contributed by atoms with Crippen molar-refractivity contribution in [1.29, 1.82) is 0 Å². The number of benzene rings is 2. The van der Waals surface area contributed by atoms with Gasteiger partial charge in [0.25, 0.3) is 0 Å². The van der Waals surface area contributed by atoms with Gasteiger partial charge in [0, 0.05) is 11.8 Å². The van der Waals surface area contributed by atoms with Gasteiger partial charge in [0.15, 0.2) is 0 Å². The van der Waals surface area contributed by atoms with Crippen molar-refractivity contribution in [3.05, 3.63) is 65.4 Å². The number of esters is 2. The maximum atomic E-state index is 11.3. The summed E-state index contributed by atoms with van der Waals surface area (Å²) in [5.74, 6) is -0.0198. The summed E-state index contributed by atoms with van der Waals surface area (Å²) < 4.78 is 19.8. The molecule has 0 bridgehead atoms. The summed E-state index contributed by atoms with van der Waals surface area (Å²) in [5, 5.41) is 0.905. The van der Waals surface area contributed by atoms with Gasteiger partial charge in [-0.15, -0.1) is 0 Å². The van der Waals surface area contributed by atoms with E-state index >= 15 is 0 Å². The van der Waals surface area contributed by atoms with E-state index in [0.29, 0.717) is 29.1 Å². The minimum atomic E-state index is -0.374. The summed E-state index contributed by atoms with van der Waals surface area (Å²) in [6.45, 7) is 0.656. The van der Waals surface area contributed by atoms with Gasteiger partial charge >= 0.3 is 11.9 Å². The third-order valence-corrected chi connectivity index (χ3v) is 4.00. The van der Waals surface area contributed by atoms with Crippen molar-refractivity contribution < 1.29 is 28.2 Å². The van der Waals surface area contributed by atoms with Crippen LogP contribution >= 0.6 is 0 Å². The Kier molecular flexibility index (Phi) is 5.22. The van der Waals surface area contributed by atoms with Gasteiger partial charge in [0.2, 0.25) is 0 Å². The second kappa shape index (κ2) is 7.74. The zero-order chi connectivity index (χ0) is 18.5. The normalized spacial score (nSPS) is 11.8. The Hall–Kier alpha value is -3.28. The summed E-state index contributed by atoms with van der Waals surface area (Å²) in [4.78, 5) is 22.5. The van der Waals surface area contributed by atoms with Crippen LogP contribution in [0.25, 0.3) is 11.0 Å². The average molecular weight is 354 g/mol. The maximum Gasteiger partial charge on any atom is 0.341 e. The van der Waals surface area contributed by atoms with Crippen LogP contribution in [0.15, 0.2) is 53.1 Å². The predicted molar refractivity (Wildman–Crippen MR) is 94.5 cm³/mol. The Morgan fingerprint density at radius 2 is 1.62 bits per heavy atom.